The van der Waals surface area contributed by atoms with Crippen molar-refractivity contribution in [2.75, 3.05) is 0 Å². The van der Waals surface area contributed by atoms with E-state index in [1.165, 1.54) is 30.4 Å². The van der Waals surface area contributed by atoms with Crippen LogP contribution in [0.4, 0.5) is 0 Å². The largest absolute Gasteiger partial charge is 0.466 e. The van der Waals surface area contributed by atoms with Crippen molar-refractivity contribution in [3.8, 4) is 5.75 Å². The monoisotopic (exact) mass is 352 g/mol. The van der Waals surface area contributed by atoms with E-state index in [0.29, 0.717) is 0 Å². The van der Waals surface area contributed by atoms with Gasteiger partial charge in [-0.05, 0) is 36.6 Å². The number of hydrogen-bond acceptors (Lipinski definition) is 3. The molecule has 1 saturated carbocycles. The maximum absolute atomic E-state index is 6.57. The maximum Gasteiger partial charge on any atom is 0.198 e. The van der Waals surface area contributed by atoms with Crippen LogP contribution in [-0.2, 0) is 0 Å². The average molecular weight is 353 g/mol. The van der Waals surface area contributed by atoms with Gasteiger partial charge < -0.3 is 4.74 Å². The van der Waals surface area contributed by atoms with E-state index in [4.69, 9.17) is 21.4 Å². The number of fused-ring (bicyclic) bond motifs is 4. The average Bonchev–Trinajstić information content (AvgIpc) is 3.11. The zero-order chi connectivity index (χ0) is 16.9. The molecule has 4 heteroatoms. The second-order valence-corrected chi connectivity index (χ2v) is 7.70. The second kappa shape index (κ2) is 5.77. The Kier molecular flexibility index (Phi) is 3.53. The topological polar surface area (TPSA) is 24.8 Å². The van der Waals surface area contributed by atoms with Gasteiger partial charge in [-0.3, -0.25) is 0 Å². The molecule has 0 aromatic heterocycles. The normalized spacial score (nSPS) is 23.6. The molecule has 0 saturated heterocycles. The number of benzene rings is 2. The number of halogens is 1. The fourth-order valence-corrected chi connectivity index (χ4v) is 4.67. The maximum atomic E-state index is 6.57. The zero-order valence-electron chi connectivity index (χ0n) is 14.1. The van der Waals surface area contributed by atoms with E-state index in [2.05, 4.69) is 29.3 Å². The lowest BCUT2D eigenvalue weighted by atomic mass is 9.86. The SMILES string of the molecule is Clc1ccc2c(c1)[C@H]1CC(c3ccccc3)=NN1C1(CCCCC1)O2. The second-order valence-electron chi connectivity index (χ2n) is 7.27. The van der Waals surface area contributed by atoms with Gasteiger partial charge >= 0.3 is 0 Å². The summed E-state index contributed by atoms with van der Waals surface area (Å²) in [5.41, 5.74) is 3.22. The van der Waals surface area contributed by atoms with Gasteiger partial charge in [0.05, 0.1) is 11.8 Å². The lowest BCUT2D eigenvalue weighted by Gasteiger charge is -2.49. The molecule has 2 heterocycles. The molecule has 0 radical (unpaired) electrons. The van der Waals surface area contributed by atoms with Crippen molar-refractivity contribution in [2.45, 2.75) is 50.3 Å². The van der Waals surface area contributed by atoms with Crippen LogP contribution < -0.4 is 4.74 Å². The lowest BCUT2D eigenvalue weighted by molar-refractivity contribution is -0.140. The Hall–Kier alpha value is -2.00. The number of hydrogen-bond donors (Lipinski definition) is 0. The van der Waals surface area contributed by atoms with Gasteiger partial charge in [-0.25, -0.2) is 5.01 Å². The van der Waals surface area contributed by atoms with Crippen LogP contribution in [0.2, 0.25) is 5.02 Å². The third kappa shape index (κ3) is 2.44. The van der Waals surface area contributed by atoms with Crippen molar-refractivity contribution in [3.05, 3.63) is 64.7 Å². The number of hydrazone groups is 1. The van der Waals surface area contributed by atoms with Gasteiger partial charge in [0, 0.05) is 29.8 Å². The highest BCUT2D eigenvalue weighted by Crippen LogP contribution is 2.51. The number of rotatable bonds is 1. The summed E-state index contributed by atoms with van der Waals surface area (Å²) in [5, 5.41) is 8.08. The molecule has 25 heavy (non-hydrogen) atoms. The van der Waals surface area contributed by atoms with Gasteiger partial charge in [0.2, 0.25) is 0 Å². The van der Waals surface area contributed by atoms with E-state index in [0.717, 1.165) is 35.7 Å². The summed E-state index contributed by atoms with van der Waals surface area (Å²) in [6.07, 6.45) is 6.66. The van der Waals surface area contributed by atoms with Crippen LogP contribution in [0.5, 0.6) is 5.75 Å². The summed E-state index contributed by atoms with van der Waals surface area (Å²) in [5.74, 6) is 0.983. The van der Waals surface area contributed by atoms with E-state index in [-0.39, 0.29) is 11.8 Å². The van der Waals surface area contributed by atoms with E-state index in [1.807, 2.05) is 24.3 Å². The molecule has 0 unspecified atom stereocenters. The van der Waals surface area contributed by atoms with E-state index < -0.39 is 0 Å². The summed E-state index contributed by atoms with van der Waals surface area (Å²) in [7, 11) is 0. The molecule has 128 valence electrons. The molecule has 2 aromatic carbocycles. The van der Waals surface area contributed by atoms with Gasteiger partial charge in [0.15, 0.2) is 5.72 Å². The minimum Gasteiger partial charge on any atom is -0.466 e. The Labute approximate surface area is 153 Å². The van der Waals surface area contributed by atoms with Crippen molar-refractivity contribution < 1.29 is 4.74 Å². The highest BCUT2D eigenvalue weighted by atomic mass is 35.5. The first kappa shape index (κ1) is 15.3. The molecular weight excluding hydrogens is 332 g/mol. The molecule has 1 fully saturated rings. The molecular formula is C21H21ClN2O. The van der Waals surface area contributed by atoms with Crippen molar-refractivity contribution in [3.63, 3.8) is 0 Å². The summed E-state index contributed by atoms with van der Waals surface area (Å²) >= 11 is 6.29. The van der Waals surface area contributed by atoms with Crippen LogP contribution in [-0.4, -0.2) is 16.4 Å². The third-order valence-corrected chi connectivity index (χ3v) is 5.94. The van der Waals surface area contributed by atoms with Crippen molar-refractivity contribution in [1.82, 2.24) is 5.01 Å². The van der Waals surface area contributed by atoms with Crippen LogP contribution in [0.1, 0.15) is 55.7 Å². The molecule has 1 atom stereocenters. The summed E-state index contributed by atoms with van der Waals surface area (Å²) in [6, 6.07) is 16.7. The van der Waals surface area contributed by atoms with E-state index in [9.17, 15) is 0 Å². The van der Waals surface area contributed by atoms with Crippen LogP contribution in [0.15, 0.2) is 53.6 Å². The molecule has 3 aliphatic rings. The Morgan fingerprint density at radius 2 is 1.84 bits per heavy atom. The van der Waals surface area contributed by atoms with Crippen LogP contribution in [0.3, 0.4) is 0 Å². The molecule has 0 bridgehead atoms. The predicted octanol–water partition coefficient (Wildman–Crippen LogP) is 5.54. The number of nitrogens with zero attached hydrogens (tertiary/aromatic N) is 2. The van der Waals surface area contributed by atoms with Gasteiger partial charge in [-0.2, -0.15) is 5.10 Å². The predicted molar refractivity (Wildman–Crippen MR) is 100 cm³/mol. The van der Waals surface area contributed by atoms with Crippen molar-refractivity contribution >= 4 is 17.3 Å². The standard InChI is InChI=1S/C21H21ClN2O/c22-16-9-10-20-17(13-16)19-14-18(15-7-3-1-4-8-15)23-24(19)21(25-20)11-5-2-6-12-21/h1,3-4,7-10,13,19H,2,5-6,11-12,14H2/t19-/m1/s1. The van der Waals surface area contributed by atoms with Crippen molar-refractivity contribution in [1.29, 1.82) is 0 Å². The lowest BCUT2D eigenvalue weighted by Crippen LogP contribution is -2.54. The van der Waals surface area contributed by atoms with Gasteiger partial charge in [0.1, 0.15) is 5.75 Å². The minimum atomic E-state index is -0.291. The van der Waals surface area contributed by atoms with Crippen LogP contribution in [0.25, 0.3) is 0 Å². The first-order chi connectivity index (χ1) is 12.3. The summed E-state index contributed by atoms with van der Waals surface area (Å²) in [6.45, 7) is 0. The molecule has 2 aromatic rings. The molecule has 0 N–H and O–H groups in total. The molecule has 0 amide bonds. The first-order valence-corrected chi connectivity index (χ1v) is 9.54. The molecule has 3 nitrogen and oxygen atoms in total. The summed E-state index contributed by atoms with van der Waals surface area (Å²) < 4.78 is 6.57. The fraction of sp³-hybridized carbons (Fsp3) is 0.381. The molecule has 1 aliphatic carbocycles. The van der Waals surface area contributed by atoms with E-state index >= 15 is 0 Å². The third-order valence-electron chi connectivity index (χ3n) is 5.70. The highest BCUT2D eigenvalue weighted by molar-refractivity contribution is 6.30. The first-order valence-electron chi connectivity index (χ1n) is 9.16. The molecule has 2 aliphatic heterocycles. The zero-order valence-corrected chi connectivity index (χ0v) is 14.9. The summed E-state index contributed by atoms with van der Waals surface area (Å²) in [4.78, 5) is 0. The fourth-order valence-electron chi connectivity index (χ4n) is 4.49. The van der Waals surface area contributed by atoms with Crippen LogP contribution >= 0.6 is 11.6 Å². The van der Waals surface area contributed by atoms with Gasteiger partial charge in [-0.1, -0.05) is 48.4 Å². The van der Waals surface area contributed by atoms with Gasteiger partial charge in [0.25, 0.3) is 0 Å². The molecule has 1 spiro atoms. The van der Waals surface area contributed by atoms with Gasteiger partial charge in [-0.15, -0.1) is 0 Å². The number of ether oxygens (including phenoxy) is 1. The Morgan fingerprint density at radius 3 is 2.64 bits per heavy atom. The van der Waals surface area contributed by atoms with E-state index in [1.54, 1.807) is 0 Å². The van der Waals surface area contributed by atoms with Crippen molar-refractivity contribution in [2.24, 2.45) is 5.10 Å². The highest BCUT2D eigenvalue weighted by Gasteiger charge is 2.50. The van der Waals surface area contributed by atoms with Crippen LogP contribution in [0, 0.1) is 0 Å². The Bertz CT molecular complexity index is 827. The molecule has 5 rings (SSSR count). The Morgan fingerprint density at radius 1 is 1.04 bits per heavy atom. The Balaban J connectivity index is 1.61. The minimum absolute atomic E-state index is 0.218. The quantitative estimate of drug-likeness (QED) is 0.672. The smallest absolute Gasteiger partial charge is 0.198 e.